The first-order valence-electron chi connectivity index (χ1n) is 9.20. The van der Waals surface area contributed by atoms with Crippen molar-refractivity contribution < 1.29 is 9.59 Å². The van der Waals surface area contributed by atoms with E-state index in [0.717, 1.165) is 36.1 Å². The Kier molecular flexibility index (Phi) is 3.03. The van der Waals surface area contributed by atoms with Crippen molar-refractivity contribution in [1.29, 1.82) is 0 Å². The van der Waals surface area contributed by atoms with E-state index in [1.54, 1.807) is 0 Å². The van der Waals surface area contributed by atoms with Crippen molar-refractivity contribution in [3.8, 4) is 0 Å². The number of aryl methyl sites for hydroxylation is 2. The summed E-state index contributed by atoms with van der Waals surface area (Å²) in [6.07, 6.45) is 3.30. The number of anilines is 1. The summed E-state index contributed by atoms with van der Waals surface area (Å²) in [5.41, 5.74) is 5.20. The van der Waals surface area contributed by atoms with Crippen LogP contribution in [-0.4, -0.2) is 16.8 Å². The Morgan fingerprint density at radius 1 is 1.04 bits per heavy atom. The molecule has 5 rings (SSSR count). The van der Waals surface area contributed by atoms with E-state index in [1.807, 2.05) is 38.1 Å². The maximum atomic E-state index is 13.3. The number of carbonyl (C=O) groups is 2. The molecule has 0 radical (unpaired) electrons. The van der Waals surface area contributed by atoms with Gasteiger partial charge in [-0.05, 0) is 56.4 Å². The average molecular weight is 334 g/mol. The highest BCUT2D eigenvalue weighted by molar-refractivity contribution is 6.24. The van der Waals surface area contributed by atoms with Gasteiger partial charge in [0.15, 0.2) is 0 Å². The van der Waals surface area contributed by atoms with Crippen LogP contribution >= 0.6 is 0 Å². The number of H-pyrrole nitrogens is 1. The second kappa shape index (κ2) is 5.07. The van der Waals surface area contributed by atoms with Crippen LogP contribution in [0.5, 0.6) is 0 Å². The molecular formula is C21H22N2O2. The molecule has 1 aromatic carbocycles. The van der Waals surface area contributed by atoms with Gasteiger partial charge in [-0.15, -0.1) is 0 Å². The van der Waals surface area contributed by atoms with Crippen LogP contribution in [0.1, 0.15) is 53.6 Å². The van der Waals surface area contributed by atoms with Crippen molar-refractivity contribution >= 4 is 17.5 Å². The highest BCUT2D eigenvalue weighted by atomic mass is 16.2. The Balaban J connectivity index is 1.65. The first-order chi connectivity index (χ1) is 12.1. The number of hydrogen-bond donors (Lipinski definition) is 1. The van der Waals surface area contributed by atoms with Gasteiger partial charge in [0.05, 0.1) is 17.5 Å². The predicted molar refractivity (Wildman–Crippen MR) is 95.5 cm³/mol. The number of nitrogens with one attached hydrogen (secondary N) is 1. The smallest absolute Gasteiger partial charge is 0.242 e. The van der Waals surface area contributed by atoms with E-state index in [-0.39, 0.29) is 23.7 Å². The molecule has 2 fully saturated rings. The van der Waals surface area contributed by atoms with Gasteiger partial charge in [0.2, 0.25) is 11.8 Å². The van der Waals surface area contributed by atoms with Crippen molar-refractivity contribution in [2.24, 2.45) is 11.8 Å². The Labute approximate surface area is 147 Å². The van der Waals surface area contributed by atoms with E-state index in [0.29, 0.717) is 17.5 Å². The van der Waals surface area contributed by atoms with Gasteiger partial charge < -0.3 is 4.98 Å². The molecule has 4 heteroatoms. The fraction of sp³-hybridized carbons (Fsp3) is 0.429. The number of carbonyl (C=O) groups excluding carboxylic acids is 2. The Hall–Kier alpha value is -2.36. The largest absolute Gasteiger partial charge is 0.362 e. The minimum Gasteiger partial charge on any atom is -0.362 e. The zero-order chi connectivity index (χ0) is 17.3. The average Bonchev–Trinajstić information content (AvgIpc) is 3.25. The van der Waals surface area contributed by atoms with Crippen LogP contribution in [0.25, 0.3) is 0 Å². The molecule has 2 amide bonds. The zero-order valence-corrected chi connectivity index (χ0v) is 14.6. The molecule has 1 N–H and O–H groups in total. The fourth-order valence-corrected chi connectivity index (χ4v) is 5.37. The molecule has 128 valence electrons. The maximum absolute atomic E-state index is 13.3. The molecule has 3 aliphatic rings. The lowest BCUT2D eigenvalue weighted by Gasteiger charge is -2.33. The lowest BCUT2D eigenvalue weighted by molar-refractivity contribution is -0.123. The van der Waals surface area contributed by atoms with E-state index >= 15 is 0 Å². The summed E-state index contributed by atoms with van der Waals surface area (Å²) < 4.78 is 0. The number of rotatable bonds is 1. The number of nitrogens with zero attached hydrogens (tertiary/aromatic N) is 1. The normalized spacial score (nSPS) is 30.4. The number of fused-ring (bicyclic) bond motifs is 6. The molecule has 2 heterocycles. The fourth-order valence-electron chi connectivity index (χ4n) is 5.37. The van der Waals surface area contributed by atoms with Crippen LogP contribution in [0, 0.1) is 25.7 Å². The van der Waals surface area contributed by atoms with Crippen LogP contribution < -0.4 is 4.90 Å². The van der Waals surface area contributed by atoms with Gasteiger partial charge in [-0.25, -0.2) is 4.90 Å². The lowest BCUT2D eigenvalue weighted by atomic mass is 9.68. The molecule has 4 atom stereocenters. The number of aromatic amines is 1. The molecular weight excluding hydrogens is 312 g/mol. The summed E-state index contributed by atoms with van der Waals surface area (Å²) >= 11 is 0. The minimum atomic E-state index is -0.312. The quantitative estimate of drug-likeness (QED) is 0.807. The lowest BCUT2D eigenvalue weighted by Crippen LogP contribution is -2.33. The summed E-state index contributed by atoms with van der Waals surface area (Å²) in [5.74, 6) is 0.143. The topological polar surface area (TPSA) is 53.2 Å². The first kappa shape index (κ1) is 14.9. The summed E-state index contributed by atoms with van der Waals surface area (Å²) in [5, 5.41) is 0. The number of aromatic nitrogens is 1. The molecule has 1 saturated carbocycles. The second-order valence-corrected chi connectivity index (χ2v) is 7.87. The van der Waals surface area contributed by atoms with E-state index in [1.165, 1.54) is 10.6 Å². The Morgan fingerprint density at radius 2 is 1.80 bits per heavy atom. The van der Waals surface area contributed by atoms with Gasteiger partial charge in [-0.3, -0.25) is 9.59 Å². The molecule has 1 saturated heterocycles. The van der Waals surface area contributed by atoms with E-state index in [2.05, 4.69) is 11.1 Å². The third-order valence-corrected chi connectivity index (χ3v) is 6.39. The molecule has 0 unspecified atom stereocenters. The standard InChI is InChI=1S/C21H22N2O2/c1-11-6-8-13(9-7-11)23-20(24)17-14-4-3-5-15(14)19-16(10-12(2)22-19)18(17)21(23)25/h6-10,14-15,17-18,22H,3-5H2,1-2H3/t14-,15+,17-,18+/m0/s1. The number of imide groups is 1. The Bertz CT molecular complexity index is 880. The summed E-state index contributed by atoms with van der Waals surface area (Å²) in [7, 11) is 0. The van der Waals surface area contributed by atoms with E-state index in [4.69, 9.17) is 0 Å². The molecule has 0 bridgehead atoms. The van der Waals surface area contributed by atoms with Crippen LogP contribution in [0.3, 0.4) is 0 Å². The number of hydrogen-bond acceptors (Lipinski definition) is 2. The summed E-state index contributed by atoms with van der Waals surface area (Å²) in [6, 6.07) is 9.78. The second-order valence-electron chi connectivity index (χ2n) is 7.87. The van der Waals surface area contributed by atoms with Crippen molar-refractivity contribution in [2.75, 3.05) is 4.90 Å². The van der Waals surface area contributed by atoms with Gasteiger partial charge >= 0.3 is 0 Å². The monoisotopic (exact) mass is 334 g/mol. The molecule has 1 aliphatic heterocycles. The summed E-state index contributed by atoms with van der Waals surface area (Å²) in [4.78, 5) is 31.5. The molecule has 4 nitrogen and oxygen atoms in total. The minimum absolute atomic E-state index is 0.000237. The highest BCUT2D eigenvalue weighted by Crippen LogP contribution is 2.57. The molecule has 2 aromatic rings. The van der Waals surface area contributed by atoms with Gasteiger partial charge in [0.25, 0.3) is 0 Å². The van der Waals surface area contributed by atoms with Crippen molar-refractivity contribution in [2.45, 2.75) is 44.9 Å². The molecule has 1 aromatic heterocycles. The number of benzene rings is 1. The zero-order valence-electron chi connectivity index (χ0n) is 14.6. The maximum Gasteiger partial charge on any atom is 0.242 e. The van der Waals surface area contributed by atoms with Gasteiger partial charge in [-0.2, -0.15) is 0 Å². The van der Waals surface area contributed by atoms with E-state index < -0.39 is 0 Å². The van der Waals surface area contributed by atoms with Crippen molar-refractivity contribution in [3.63, 3.8) is 0 Å². The third kappa shape index (κ3) is 1.94. The Morgan fingerprint density at radius 3 is 2.56 bits per heavy atom. The van der Waals surface area contributed by atoms with Crippen LogP contribution in [0.2, 0.25) is 0 Å². The number of amides is 2. The van der Waals surface area contributed by atoms with Gasteiger partial charge in [-0.1, -0.05) is 24.1 Å². The van der Waals surface area contributed by atoms with Crippen LogP contribution in [0.4, 0.5) is 5.69 Å². The van der Waals surface area contributed by atoms with Crippen molar-refractivity contribution in [1.82, 2.24) is 4.98 Å². The summed E-state index contributed by atoms with van der Waals surface area (Å²) in [6.45, 7) is 4.05. The van der Waals surface area contributed by atoms with Gasteiger partial charge in [0, 0.05) is 17.3 Å². The van der Waals surface area contributed by atoms with E-state index in [9.17, 15) is 9.59 Å². The highest BCUT2D eigenvalue weighted by Gasteiger charge is 2.58. The first-order valence-corrected chi connectivity index (χ1v) is 9.20. The van der Waals surface area contributed by atoms with Crippen LogP contribution in [-0.2, 0) is 9.59 Å². The van der Waals surface area contributed by atoms with Crippen LogP contribution in [0.15, 0.2) is 30.3 Å². The molecule has 25 heavy (non-hydrogen) atoms. The molecule has 2 aliphatic carbocycles. The third-order valence-electron chi connectivity index (χ3n) is 6.39. The SMILES string of the molecule is Cc1ccc(N2C(=O)[C@H]3[C@H]4CCC[C@H]4c4[nH]c(C)cc4[C@H]3C2=O)cc1. The molecule has 0 spiro atoms. The van der Waals surface area contributed by atoms with Gasteiger partial charge in [0.1, 0.15) is 0 Å². The van der Waals surface area contributed by atoms with Crippen molar-refractivity contribution in [3.05, 3.63) is 52.8 Å². The predicted octanol–water partition coefficient (Wildman–Crippen LogP) is 3.80.